The van der Waals surface area contributed by atoms with Crippen LogP contribution in [0.15, 0.2) is 60.8 Å². The van der Waals surface area contributed by atoms with Gasteiger partial charge in [-0.15, -0.1) is 5.06 Å². The quantitative estimate of drug-likeness (QED) is 0.0446. The molecule has 1 fully saturated rings. The smallest absolute Gasteiger partial charge is 0.333 e. The monoisotopic (exact) mass is 1100 g/mol. The molecule has 25 heteroatoms. The van der Waals surface area contributed by atoms with Crippen LogP contribution in [0.1, 0.15) is 117 Å². The highest BCUT2D eigenvalue weighted by Gasteiger charge is 2.34. The van der Waals surface area contributed by atoms with Gasteiger partial charge < -0.3 is 61.7 Å². The number of rotatable bonds is 29. The molecule has 0 spiro atoms. The lowest BCUT2D eigenvalue weighted by molar-refractivity contribution is -0.197. The van der Waals surface area contributed by atoms with Crippen molar-refractivity contribution in [3.63, 3.8) is 0 Å². The van der Waals surface area contributed by atoms with Gasteiger partial charge in [0, 0.05) is 74.6 Å². The van der Waals surface area contributed by atoms with Crippen LogP contribution in [-0.2, 0) is 59.3 Å². The summed E-state index contributed by atoms with van der Waals surface area (Å²) in [5.41, 5.74) is 1.52. The van der Waals surface area contributed by atoms with Crippen molar-refractivity contribution in [3.8, 4) is 11.1 Å². The van der Waals surface area contributed by atoms with E-state index in [2.05, 4.69) is 31.9 Å². The Morgan fingerprint density at radius 3 is 1.95 bits per heavy atom. The maximum absolute atomic E-state index is 15.2. The van der Waals surface area contributed by atoms with Gasteiger partial charge in [-0.3, -0.25) is 38.4 Å². The SMILES string of the molecule is CC(C)[C@@H](NC(=O)CCCC(=O)ON1C(=O)CCC1=O)C(=O)N[C@H](C)C(=O)N[C@@H](CCN[C@@H](c1cc(-c2cc(F)ccc2F)cn1Cc1ccccc1)C(C)(C)C)C(=O)NCCC(=O)N[C@H](CCC(=O)O)C(=O)O.OCCO. The maximum Gasteiger partial charge on any atom is 0.333 e. The number of imide groups is 1. The number of nitrogens with one attached hydrogen (secondary N) is 6. The molecule has 4 rings (SSSR count). The van der Waals surface area contributed by atoms with Crippen molar-refractivity contribution in [1.82, 2.24) is 41.5 Å². The van der Waals surface area contributed by atoms with Crippen LogP contribution < -0.4 is 31.9 Å². The Balaban J connectivity index is 0.00000386. The summed E-state index contributed by atoms with van der Waals surface area (Å²) < 4.78 is 31.6. The van der Waals surface area contributed by atoms with E-state index < -0.39 is 125 Å². The Hall–Kier alpha value is -7.64. The summed E-state index contributed by atoms with van der Waals surface area (Å²) in [6, 6.07) is 8.64. The van der Waals surface area contributed by atoms with Crippen molar-refractivity contribution < 1.29 is 82.0 Å². The van der Waals surface area contributed by atoms with Crippen molar-refractivity contribution >= 4 is 59.3 Å². The zero-order valence-corrected chi connectivity index (χ0v) is 44.6. The molecule has 1 aliphatic heterocycles. The second kappa shape index (κ2) is 31.5. The summed E-state index contributed by atoms with van der Waals surface area (Å²) >= 11 is 0. The van der Waals surface area contributed by atoms with Crippen LogP contribution >= 0.6 is 0 Å². The molecule has 2 heterocycles. The Bertz CT molecular complexity index is 2550. The number of aliphatic hydroxyl groups excluding tert-OH is 2. The predicted octanol–water partition coefficient (Wildman–Crippen LogP) is 2.37. The standard InChI is InChI=1S/C51H66F2N8O13.C2H6O2/c1-29(2)45(59-39(62)13-10-14-44(68)74-61-41(64)18-19-42(61)65)49(71)56-30(3)47(69)58-36(48(70)55-24-22-40(63)57-37(50(72)73)17-20-43(66)67)21-23-54-46(51(4,5)6)38-25-32(34-26-33(52)15-16-35(34)53)28-60(38)27-31-11-8-7-9-12-31;3-1-2-4/h7-9,11-12,15-16,25-26,28-30,36-37,45-46,54H,10,13-14,17-24,27H2,1-6H3,(H,55,70)(H,56,71)(H,57,63)(H,58,69)(H,59,62)(H,66,67)(H,72,73);3-4H,1-2H2/t30-,36+,37-,45-,46+;/m1./s1. The number of carboxylic acid groups (broad SMARTS) is 2. The minimum atomic E-state index is -1.50. The molecule has 1 saturated heterocycles. The first kappa shape index (κ1) is 64.6. The maximum atomic E-state index is 15.2. The molecule has 78 heavy (non-hydrogen) atoms. The molecule has 1 aromatic heterocycles. The summed E-state index contributed by atoms with van der Waals surface area (Å²) in [4.78, 5) is 130. The van der Waals surface area contributed by atoms with E-state index in [1.807, 2.05) is 55.7 Å². The number of aliphatic carboxylic acids is 2. The fraction of sp³-hybridized carbons (Fsp3) is 0.509. The summed E-state index contributed by atoms with van der Waals surface area (Å²) in [7, 11) is 0. The molecule has 5 atom stereocenters. The average molecular weight is 1100 g/mol. The third-order valence-corrected chi connectivity index (χ3v) is 12.0. The zero-order valence-electron chi connectivity index (χ0n) is 44.6. The van der Waals surface area contributed by atoms with E-state index >= 15 is 4.39 Å². The van der Waals surface area contributed by atoms with Crippen molar-refractivity contribution in [2.24, 2.45) is 11.3 Å². The minimum Gasteiger partial charge on any atom is -0.481 e. The van der Waals surface area contributed by atoms with E-state index in [1.54, 1.807) is 26.1 Å². The lowest BCUT2D eigenvalue weighted by atomic mass is 9.84. The number of aliphatic hydroxyl groups is 2. The number of carbonyl (C=O) groups is 10. The number of halogens is 2. The highest BCUT2D eigenvalue weighted by Crippen LogP contribution is 2.37. The van der Waals surface area contributed by atoms with Gasteiger partial charge in [-0.25, -0.2) is 18.4 Å². The second-order valence-electron chi connectivity index (χ2n) is 19.8. The molecule has 2 aromatic carbocycles. The summed E-state index contributed by atoms with van der Waals surface area (Å²) in [5, 5.41) is 50.2. The van der Waals surface area contributed by atoms with Gasteiger partial charge in [0.25, 0.3) is 11.8 Å². The third kappa shape index (κ3) is 21.4. The number of nitrogens with zero attached hydrogens (tertiary/aromatic N) is 2. The van der Waals surface area contributed by atoms with Crippen LogP contribution in [0.2, 0.25) is 0 Å². The molecule has 3 aromatic rings. The number of benzene rings is 2. The van der Waals surface area contributed by atoms with Crippen molar-refractivity contribution in [2.45, 2.75) is 136 Å². The normalized spacial score (nSPS) is 14.2. The molecule has 0 aliphatic carbocycles. The Labute approximate surface area is 450 Å². The van der Waals surface area contributed by atoms with Gasteiger partial charge in [-0.05, 0) is 73.9 Å². The molecule has 0 bridgehead atoms. The first-order valence-electron chi connectivity index (χ1n) is 25.4. The minimum absolute atomic E-state index is 0.0440. The molecule has 0 unspecified atom stereocenters. The van der Waals surface area contributed by atoms with Gasteiger partial charge in [0.1, 0.15) is 35.8 Å². The predicted molar refractivity (Wildman–Crippen MR) is 276 cm³/mol. The number of hydroxylamine groups is 2. The summed E-state index contributed by atoms with van der Waals surface area (Å²) in [6.45, 7) is 10.3. The number of carbonyl (C=O) groups excluding carboxylic acids is 8. The molecular formula is C53H72F2N8O15. The Morgan fingerprint density at radius 2 is 1.36 bits per heavy atom. The van der Waals surface area contributed by atoms with Crippen LogP contribution in [0, 0.1) is 23.0 Å². The molecule has 0 radical (unpaired) electrons. The molecule has 7 amide bonds. The van der Waals surface area contributed by atoms with Crippen LogP contribution in [0.3, 0.4) is 0 Å². The van der Waals surface area contributed by atoms with Gasteiger partial charge >= 0.3 is 17.9 Å². The fourth-order valence-corrected chi connectivity index (χ4v) is 7.91. The molecule has 428 valence electrons. The molecule has 0 saturated carbocycles. The molecule has 10 N–H and O–H groups in total. The van der Waals surface area contributed by atoms with Crippen LogP contribution in [0.25, 0.3) is 11.1 Å². The van der Waals surface area contributed by atoms with E-state index in [-0.39, 0.29) is 76.8 Å². The van der Waals surface area contributed by atoms with Crippen molar-refractivity contribution in [1.29, 1.82) is 0 Å². The lowest BCUT2D eigenvalue weighted by Crippen LogP contribution is -2.57. The van der Waals surface area contributed by atoms with Gasteiger partial charge in [0.05, 0.1) is 19.3 Å². The molecule has 23 nitrogen and oxygen atoms in total. The van der Waals surface area contributed by atoms with Gasteiger partial charge in [0.2, 0.25) is 29.5 Å². The fourth-order valence-electron chi connectivity index (χ4n) is 7.91. The average Bonchev–Trinajstić information content (AvgIpc) is 3.92. The first-order chi connectivity index (χ1) is 36.7. The van der Waals surface area contributed by atoms with Crippen molar-refractivity contribution in [2.75, 3.05) is 26.3 Å². The highest BCUT2D eigenvalue weighted by atomic mass is 19.1. The number of hydrogen-bond acceptors (Lipinski definition) is 14. The zero-order chi connectivity index (χ0) is 58.3. The van der Waals surface area contributed by atoms with Crippen LogP contribution in [0.5, 0.6) is 0 Å². The molecular weight excluding hydrogens is 1030 g/mol. The van der Waals surface area contributed by atoms with Gasteiger partial charge in [-0.1, -0.05) is 65.0 Å². The Morgan fingerprint density at radius 1 is 0.718 bits per heavy atom. The largest absolute Gasteiger partial charge is 0.481 e. The number of carboxylic acids is 2. The summed E-state index contributed by atoms with van der Waals surface area (Å²) in [5.74, 6) is -10.4. The molecule has 1 aliphatic rings. The third-order valence-electron chi connectivity index (χ3n) is 12.0. The van der Waals surface area contributed by atoms with E-state index in [4.69, 9.17) is 20.2 Å². The van der Waals surface area contributed by atoms with Gasteiger partial charge in [-0.2, -0.15) is 0 Å². The first-order valence-corrected chi connectivity index (χ1v) is 25.4. The van der Waals surface area contributed by atoms with Gasteiger partial charge in [0.15, 0.2) is 0 Å². The lowest BCUT2D eigenvalue weighted by Gasteiger charge is -2.33. The van der Waals surface area contributed by atoms with E-state index in [0.717, 1.165) is 23.8 Å². The van der Waals surface area contributed by atoms with Crippen LogP contribution in [-0.4, -0.2) is 140 Å². The topological polar surface area (TPSA) is 341 Å². The number of hydrogen-bond donors (Lipinski definition) is 10. The van der Waals surface area contributed by atoms with Crippen LogP contribution in [0.4, 0.5) is 8.78 Å². The highest BCUT2D eigenvalue weighted by molar-refractivity contribution is 6.01. The Kier molecular flexibility index (Phi) is 26.1. The van der Waals surface area contributed by atoms with E-state index in [9.17, 15) is 57.4 Å². The van der Waals surface area contributed by atoms with Crippen molar-refractivity contribution in [3.05, 3.63) is 83.7 Å². The van der Waals surface area contributed by atoms with E-state index in [1.165, 1.54) is 6.92 Å². The number of amides is 7. The summed E-state index contributed by atoms with van der Waals surface area (Å²) in [6.07, 6.45) is -0.428. The second-order valence-corrected chi connectivity index (χ2v) is 19.8. The number of aromatic nitrogens is 1. The van der Waals surface area contributed by atoms with E-state index in [0.29, 0.717) is 22.9 Å².